The molecule has 5 aliphatic rings. The Morgan fingerprint density at radius 2 is 1.87 bits per heavy atom. The smallest absolute Gasteiger partial charge is 0.319 e. The standard InChI is InChI=1S/C34H35F3N6O2/c35-20-12-34(11-19-4-2-6-27(19)43(34)14-20)17-45-33-40-31-25(32(41-33)42-15-21-7-8-22(16-42)39-21)13-38-30(29(31)37)24-10-23(44)9-18-3-1-5-26(36)28(18)24/h1,3,5,9-10,13,19-22,27,39,44H,2,4,6-8,11-12,14-17H2/t19-,20-,21?,22?,27-,34-/m1/s1. The quantitative estimate of drug-likeness (QED) is 0.304. The number of phenols is 1. The lowest BCUT2D eigenvalue weighted by Gasteiger charge is -2.35. The van der Waals surface area contributed by atoms with Gasteiger partial charge in [-0.3, -0.25) is 9.88 Å². The number of hydrogen-bond donors (Lipinski definition) is 2. The summed E-state index contributed by atoms with van der Waals surface area (Å²) in [6, 6.07) is 8.33. The molecule has 0 spiro atoms. The van der Waals surface area contributed by atoms with Crippen molar-refractivity contribution in [3.63, 3.8) is 0 Å². The number of nitrogens with zero attached hydrogens (tertiary/aromatic N) is 5. The molecule has 6 heterocycles. The molecule has 2 N–H and O–H groups in total. The number of nitrogens with one attached hydrogen (secondary N) is 1. The van der Waals surface area contributed by atoms with Crippen molar-refractivity contribution in [2.75, 3.05) is 31.1 Å². The van der Waals surface area contributed by atoms with E-state index in [1.54, 1.807) is 12.1 Å². The van der Waals surface area contributed by atoms with Crippen molar-refractivity contribution in [2.24, 2.45) is 5.92 Å². The number of piperazine rings is 1. The van der Waals surface area contributed by atoms with E-state index in [2.05, 4.69) is 25.1 Å². The Hall–Kier alpha value is -3.70. The second-order valence-electron chi connectivity index (χ2n) is 13.8. The van der Waals surface area contributed by atoms with Crippen molar-refractivity contribution >= 4 is 27.5 Å². The Bertz CT molecular complexity index is 1830. The van der Waals surface area contributed by atoms with Crippen molar-refractivity contribution < 1.29 is 23.0 Å². The molecular weight excluding hydrogens is 581 g/mol. The summed E-state index contributed by atoms with van der Waals surface area (Å²) in [5.41, 5.74) is -0.376. The molecule has 4 aromatic rings. The van der Waals surface area contributed by atoms with E-state index in [1.165, 1.54) is 30.8 Å². The van der Waals surface area contributed by atoms with Crippen molar-refractivity contribution in [3.8, 4) is 23.0 Å². The minimum absolute atomic E-state index is 0.0196. The minimum Gasteiger partial charge on any atom is -0.508 e. The maximum atomic E-state index is 16.7. The summed E-state index contributed by atoms with van der Waals surface area (Å²) in [4.78, 5) is 18.4. The molecule has 0 radical (unpaired) electrons. The number of pyridine rings is 1. The van der Waals surface area contributed by atoms with Gasteiger partial charge in [-0.05, 0) is 61.6 Å². The maximum Gasteiger partial charge on any atom is 0.319 e. The van der Waals surface area contributed by atoms with Crippen LogP contribution in [0, 0.1) is 17.6 Å². The van der Waals surface area contributed by atoms with E-state index in [9.17, 15) is 9.50 Å². The summed E-state index contributed by atoms with van der Waals surface area (Å²) in [5, 5.41) is 15.1. The van der Waals surface area contributed by atoms with E-state index in [0.29, 0.717) is 66.7 Å². The number of halogens is 3. The molecule has 6 atom stereocenters. The number of alkyl halides is 1. The van der Waals surface area contributed by atoms with E-state index in [4.69, 9.17) is 9.72 Å². The molecule has 2 aromatic heterocycles. The third-order valence-electron chi connectivity index (χ3n) is 11.1. The zero-order valence-corrected chi connectivity index (χ0v) is 24.9. The highest BCUT2D eigenvalue weighted by Crippen LogP contribution is 2.52. The number of rotatable bonds is 5. The summed E-state index contributed by atoms with van der Waals surface area (Å²) in [5.74, 6) is -0.310. The number of benzene rings is 2. The summed E-state index contributed by atoms with van der Waals surface area (Å²) in [6.45, 7) is 2.08. The largest absolute Gasteiger partial charge is 0.508 e. The molecule has 2 unspecified atom stereocenters. The Morgan fingerprint density at radius 3 is 2.71 bits per heavy atom. The monoisotopic (exact) mass is 616 g/mol. The Balaban J connectivity index is 1.15. The molecule has 0 amide bonds. The summed E-state index contributed by atoms with van der Waals surface area (Å²) in [6.07, 6.45) is 7.49. The molecule has 11 heteroatoms. The lowest BCUT2D eigenvalue weighted by atomic mass is 9.89. The van der Waals surface area contributed by atoms with Crippen LogP contribution in [-0.4, -0.2) is 81.0 Å². The van der Waals surface area contributed by atoms with Crippen LogP contribution in [0.3, 0.4) is 0 Å². The van der Waals surface area contributed by atoms with Gasteiger partial charge in [-0.15, -0.1) is 0 Å². The van der Waals surface area contributed by atoms with Gasteiger partial charge in [-0.1, -0.05) is 18.6 Å². The first-order chi connectivity index (χ1) is 21.8. The van der Waals surface area contributed by atoms with Crippen LogP contribution in [0.1, 0.15) is 44.9 Å². The second-order valence-corrected chi connectivity index (χ2v) is 13.8. The molecule has 234 valence electrons. The molecule has 8 nitrogen and oxygen atoms in total. The predicted octanol–water partition coefficient (Wildman–Crippen LogP) is 5.50. The molecule has 1 aliphatic carbocycles. The second kappa shape index (κ2) is 10.2. The third-order valence-corrected chi connectivity index (χ3v) is 11.1. The lowest BCUT2D eigenvalue weighted by molar-refractivity contribution is 0.0832. The number of ether oxygens (including phenoxy) is 1. The molecule has 2 bridgehead atoms. The van der Waals surface area contributed by atoms with Gasteiger partial charge < -0.3 is 20.1 Å². The van der Waals surface area contributed by atoms with Gasteiger partial charge in [-0.2, -0.15) is 9.97 Å². The number of hydrogen-bond acceptors (Lipinski definition) is 8. The summed E-state index contributed by atoms with van der Waals surface area (Å²) < 4.78 is 53.0. The number of aromatic hydroxyl groups is 1. The van der Waals surface area contributed by atoms with Crippen molar-refractivity contribution in [1.29, 1.82) is 0 Å². The van der Waals surface area contributed by atoms with Crippen LogP contribution in [0.2, 0.25) is 0 Å². The van der Waals surface area contributed by atoms with Gasteiger partial charge in [0.25, 0.3) is 0 Å². The average molecular weight is 617 g/mol. The molecule has 9 rings (SSSR count). The molecule has 1 saturated carbocycles. The average Bonchev–Trinajstić information content (AvgIpc) is 3.76. The number of phenolic OH excluding ortho intramolecular Hbond substituents is 1. The van der Waals surface area contributed by atoms with Crippen molar-refractivity contribution in [2.45, 2.75) is 74.8 Å². The van der Waals surface area contributed by atoms with Crippen molar-refractivity contribution in [3.05, 3.63) is 48.2 Å². The molecule has 45 heavy (non-hydrogen) atoms. The van der Waals surface area contributed by atoms with Crippen LogP contribution in [-0.2, 0) is 0 Å². The van der Waals surface area contributed by atoms with Gasteiger partial charge >= 0.3 is 6.01 Å². The highest BCUT2D eigenvalue weighted by molar-refractivity contribution is 6.00. The van der Waals surface area contributed by atoms with Gasteiger partial charge in [0, 0.05) is 61.3 Å². The van der Waals surface area contributed by atoms with Gasteiger partial charge in [0.2, 0.25) is 0 Å². The molecule has 4 saturated heterocycles. The van der Waals surface area contributed by atoms with Crippen LogP contribution >= 0.6 is 0 Å². The Kier molecular flexibility index (Phi) is 6.23. The van der Waals surface area contributed by atoms with Gasteiger partial charge in [0.15, 0.2) is 5.82 Å². The fourth-order valence-corrected chi connectivity index (χ4v) is 9.28. The van der Waals surface area contributed by atoms with Gasteiger partial charge in [0.05, 0.1) is 10.9 Å². The third kappa shape index (κ3) is 4.37. The highest BCUT2D eigenvalue weighted by atomic mass is 19.1. The van der Waals surface area contributed by atoms with Gasteiger partial charge in [0.1, 0.15) is 41.4 Å². The Morgan fingerprint density at radius 1 is 1.02 bits per heavy atom. The number of aromatic nitrogens is 3. The minimum atomic E-state index is -0.900. The van der Waals surface area contributed by atoms with Crippen LogP contribution in [0.4, 0.5) is 19.0 Å². The predicted molar refractivity (Wildman–Crippen MR) is 164 cm³/mol. The summed E-state index contributed by atoms with van der Waals surface area (Å²) in [7, 11) is 0. The van der Waals surface area contributed by atoms with Gasteiger partial charge in [-0.25, -0.2) is 13.2 Å². The topological polar surface area (TPSA) is 86.6 Å². The van der Waals surface area contributed by atoms with E-state index >= 15 is 8.78 Å². The molecule has 2 aromatic carbocycles. The van der Waals surface area contributed by atoms with E-state index in [1.807, 2.05) is 0 Å². The fourth-order valence-electron chi connectivity index (χ4n) is 9.28. The molecule has 4 aliphatic heterocycles. The summed E-state index contributed by atoms with van der Waals surface area (Å²) >= 11 is 0. The normalized spacial score (nSPS) is 30.8. The molecular formula is C34H35F3N6O2. The first-order valence-electron chi connectivity index (χ1n) is 16.2. The van der Waals surface area contributed by atoms with E-state index in [0.717, 1.165) is 32.1 Å². The SMILES string of the molecule is Oc1cc(-c2ncc3c(N4CC5CCC(C4)N5)nc(OC[C@@]45C[C@@H](F)CN4[C@@H]4CCC[C@@H]4C5)nc3c2F)c2c(F)cccc2c1. The zero-order valence-electron chi connectivity index (χ0n) is 24.9. The van der Waals surface area contributed by atoms with Crippen LogP contribution in [0.5, 0.6) is 11.8 Å². The number of fused-ring (bicyclic) bond motifs is 7. The van der Waals surface area contributed by atoms with Crippen LogP contribution in [0.15, 0.2) is 36.5 Å². The highest BCUT2D eigenvalue weighted by Gasteiger charge is 2.58. The van der Waals surface area contributed by atoms with Crippen LogP contribution < -0.4 is 15.0 Å². The maximum absolute atomic E-state index is 16.7. The lowest BCUT2D eigenvalue weighted by Crippen LogP contribution is -2.51. The Labute approximate surface area is 258 Å². The fraction of sp³-hybridized carbons (Fsp3) is 0.500. The van der Waals surface area contributed by atoms with Crippen molar-refractivity contribution in [1.82, 2.24) is 25.2 Å². The first kappa shape index (κ1) is 27.6. The first-order valence-corrected chi connectivity index (χ1v) is 16.2. The van der Waals surface area contributed by atoms with Crippen LogP contribution in [0.25, 0.3) is 32.9 Å². The number of anilines is 1. The zero-order chi connectivity index (χ0) is 30.4. The van der Waals surface area contributed by atoms with E-state index in [-0.39, 0.29) is 40.5 Å². The molecule has 5 fully saturated rings. The van der Waals surface area contributed by atoms with E-state index < -0.39 is 23.3 Å².